The van der Waals surface area contributed by atoms with Crippen LogP contribution in [0.5, 0.6) is 0 Å². The Labute approximate surface area is 157 Å². The number of carbonyl (C=O) groups excluding carboxylic acids is 2. The van der Waals surface area contributed by atoms with Crippen molar-refractivity contribution in [1.82, 2.24) is 5.32 Å². The van der Waals surface area contributed by atoms with Crippen molar-refractivity contribution in [3.05, 3.63) is 22.3 Å². The van der Waals surface area contributed by atoms with Gasteiger partial charge in [-0.1, -0.05) is 13.8 Å². The number of amides is 1. The first-order chi connectivity index (χ1) is 12.2. The zero-order chi connectivity index (χ0) is 19.5. The molecule has 1 heterocycles. The summed E-state index contributed by atoms with van der Waals surface area (Å²) in [5.41, 5.74) is 1.72. The summed E-state index contributed by atoms with van der Waals surface area (Å²) in [5, 5.41) is 2.44. The third kappa shape index (κ3) is 5.27. The normalized spacial score (nSPS) is 26.3. The van der Waals surface area contributed by atoms with E-state index in [4.69, 9.17) is 4.74 Å². The second-order valence-electron chi connectivity index (χ2n) is 7.69. The summed E-state index contributed by atoms with van der Waals surface area (Å²) in [5.74, 6) is -1.55. The van der Waals surface area contributed by atoms with E-state index in [2.05, 4.69) is 12.2 Å². The molecule has 1 aliphatic heterocycles. The third-order valence-electron chi connectivity index (χ3n) is 5.43. The predicted molar refractivity (Wildman–Crippen MR) is 98.4 cm³/mol. The van der Waals surface area contributed by atoms with Gasteiger partial charge in [0.05, 0.1) is 10.9 Å². The number of ether oxygens (including phenoxy) is 1. The van der Waals surface area contributed by atoms with Gasteiger partial charge in [-0.3, -0.25) is 9.00 Å². The zero-order valence-electron chi connectivity index (χ0n) is 15.9. The van der Waals surface area contributed by atoms with Crippen molar-refractivity contribution in [2.75, 3.05) is 0 Å². The predicted octanol–water partition coefficient (Wildman–Crippen LogP) is 3.08. The van der Waals surface area contributed by atoms with Gasteiger partial charge in [0.2, 0.25) is 5.91 Å². The summed E-state index contributed by atoms with van der Waals surface area (Å²) in [6, 6.07) is 0. The van der Waals surface area contributed by atoms with Gasteiger partial charge in [0.1, 0.15) is 6.10 Å². The summed E-state index contributed by atoms with van der Waals surface area (Å²) in [4.78, 5) is 24.6. The molecule has 1 amide bonds. The van der Waals surface area contributed by atoms with Crippen molar-refractivity contribution in [1.29, 1.82) is 0 Å². The molecule has 0 bridgehead atoms. The average Bonchev–Trinajstić information content (AvgIpc) is 3.28. The molecule has 0 aromatic carbocycles. The lowest BCUT2D eigenvalue weighted by atomic mass is 9.86. The molecule has 3 atom stereocenters. The third-order valence-corrected chi connectivity index (χ3v) is 6.21. The Morgan fingerprint density at radius 2 is 2.12 bits per heavy atom. The SMILES string of the molecule is CCC(C)=C(NC(=O)C1C(CCCC2(C)CC2)=CC(=O)OC1C)S(=O)[O-]. The first-order valence-electron chi connectivity index (χ1n) is 9.18. The fourth-order valence-electron chi connectivity index (χ4n) is 3.26. The van der Waals surface area contributed by atoms with E-state index in [1.54, 1.807) is 13.8 Å². The molecule has 1 N–H and O–H groups in total. The molecule has 0 radical (unpaired) electrons. The maximum absolute atomic E-state index is 12.8. The first kappa shape index (κ1) is 20.8. The van der Waals surface area contributed by atoms with Gasteiger partial charge >= 0.3 is 5.97 Å². The maximum atomic E-state index is 12.8. The highest BCUT2D eigenvalue weighted by molar-refractivity contribution is 7.83. The lowest BCUT2D eigenvalue weighted by Crippen LogP contribution is -2.42. The van der Waals surface area contributed by atoms with E-state index in [1.807, 2.05) is 6.92 Å². The maximum Gasteiger partial charge on any atom is 0.331 e. The van der Waals surface area contributed by atoms with Crippen molar-refractivity contribution in [2.24, 2.45) is 11.3 Å². The van der Waals surface area contributed by atoms with E-state index in [9.17, 15) is 18.4 Å². The lowest BCUT2D eigenvalue weighted by Gasteiger charge is -2.30. The van der Waals surface area contributed by atoms with E-state index in [-0.39, 0.29) is 5.03 Å². The summed E-state index contributed by atoms with van der Waals surface area (Å²) < 4.78 is 28.1. The Kier molecular flexibility index (Phi) is 6.80. The summed E-state index contributed by atoms with van der Waals surface area (Å²) in [7, 11) is 0. The number of allylic oxidation sites excluding steroid dienone is 1. The lowest BCUT2D eigenvalue weighted by molar-refractivity contribution is -0.148. The summed E-state index contributed by atoms with van der Waals surface area (Å²) >= 11 is -2.53. The molecule has 6 nitrogen and oxygen atoms in total. The average molecular weight is 383 g/mol. The Morgan fingerprint density at radius 1 is 1.46 bits per heavy atom. The Balaban J connectivity index is 2.13. The van der Waals surface area contributed by atoms with Gasteiger partial charge in [-0.2, -0.15) is 0 Å². The summed E-state index contributed by atoms with van der Waals surface area (Å²) in [6.45, 7) is 7.41. The van der Waals surface area contributed by atoms with Crippen LogP contribution in [0.2, 0.25) is 0 Å². The molecule has 26 heavy (non-hydrogen) atoms. The van der Waals surface area contributed by atoms with Gasteiger partial charge in [-0.25, -0.2) is 4.79 Å². The number of esters is 1. The minimum absolute atomic E-state index is 0.0913. The van der Waals surface area contributed by atoms with Gasteiger partial charge in [-0.05, 0) is 80.0 Å². The quantitative estimate of drug-likeness (QED) is 0.514. The van der Waals surface area contributed by atoms with Gasteiger partial charge < -0.3 is 14.6 Å². The van der Waals surface area contributed by atoms with Crippen molar-refractivity contribution in [3.8, 4) is 0 Å². The molecule has 0 saturated heterocycles. The second kappa shape index (κ2) is 8.48. The number of hydrogen-bond acceptors (Lipinski definition) is 5. The topological polar surface area (TPSA) is 95.5 Å². The molecule has 0 aromatic heterocycles. The monoisotopic (exact) mass is 382 g/mol. The second-order valence-corrected chi connectivity index (χ2v) is 8.57. The standard InChI is InChI=1S/C19H29NO5S/c1-5-12(2)18(26(23)24)20-17(22)16-13(3)25-15(21)11-14(16)7-6-8-19(4)9-10-19/h11,13,16H,5-10H2,1-4H3,(H,20,22)(H,23,24)/p-1. The van der Waals surface area contributed by atoms with Crippen molar-refractivity contribution in [2.45, 2.75) is 72.3 Å². The zero-order valence-corrected chi connectivity index (χ0v) is 16.7. The number of rotatable bonds is 8. The van der Waals surface area contributed by atoms with Crippen molar-refractivity contribution >= 4 is 23.0 Å². The Bertz CT molecular complexity index is 663. The van der Waals surface area contributed by atoms with Crippen LogP contribution in [0.15, 0.2) is 22.3 Å². The van der Waals surface area contributed by atoms with Crippen molar-refractivity contribution in [3.63, 3.8) is 0 Å². The Hall–Kier alpha value is -1.47. The van der Waals surface area contributed by atoms with E-state index in [0.29, 0.717) is 23.8 Å². The van der Waals surface area contributed by atoms with Gasteiger partial charge in [0.15, 0.2) is 0 Å². The highest BCUT2D eigenvalue weighted by Crippen LogP contribution is 2.49. The molecular formula is C19H28NO5S-. The number of hydrogen-bond donors (Lipinski definition) is 1. The Morgan fingerprint density at radius 3 is 2.65 bits per heavy atom. The van der Waals surface area contributed by atoms with E-state index >= 15 is 0 Å². The molecular weight excluding hydrogens is 354 g/mol. The van der Waals surface area contributed by atoms with E-state index < -0.39 is 35.0 Å². The van der Waals surface area contributed by atoms with E-state index in [0.717, 1.165) is 18.4 Å². The first-order valence-corrected chi connectivity index (χ1v) is 10.3. The van der Waals surface area contributed by atoms with Crippen LogP contribution >= 0.6 is 0 Å². The molecule has 2 rings (SSSR count). The van der Waals surface area contributed by atoms with Gasteiger partial charge in [0.25, 0.3) is 0 Å². The van der Waals surface area contributed by atoms with Crippen LogP contribution in [0.1, 0.15) is 66.2 Å². The molecule has 146 valence electrons. The fourth-order valence-corrected chi connectivity index (χ4v) is 3.87. The molecule has 0 aromatic rings. The van der Waals surface area contributed by atoms with Gasteiger partial charge in [0, 0.05) is 6.08 Å². The molecule has 2 aliphatic rings. The molecule has 3 unspecified atom stereocenters. The number of cyclic esters (lactones) is 1. The number of carbonyl (C=O) groups is 2. The molecule has 1 fully saturated rings. The molecule has 7 heteroatoms. The minimum Gasteiger partial charge on any atom is -0.767 e. The molecule has 1 aliphatic carbocycles. The fraction of sp³-hybridized carbons (Fsp3) is 0.684. The van der Waals surface area contributed by atoms with Crippen LogP contribution in [0.25, 0.3) is 0 Å². The van der Waals surface area contributed by atoms with Crippen LogP contribution in [0.4, 0.5) is 0 Å². The van der Waals surface area contributed by atoms with Crippen LogP contribution in [0, 0.1) is 11.3 Å². The summed E-state index contributed by atoms with van der Waals surface area (Å²) in [6.07, 6.45) is 6.34. The highest BCUT2D eigenvalue weighted by Gasteiger charge is 2.38. The van der Waals surface area contributed by atoms with Crippen LogP contribution in [0.3, 0.4) is 0 Å². The number of nitrogens with one attached hydrogen (secondary N) is 1. The minimum atomic E-state index is -2.53. The molecule has 1 saturated carbocycles. The van der Waals surface area contributed by atoms with E-state index in [1.165, 1.54) is 18.9 Å². The van der Waals surface area contributed by atoms with Gasteiger partial charge in [-0.15, -0.1) is 0 Å². The largest absolute Gasteiger partial charge is 0.767 e. The molecule has 0 spiro atoms. The smallest absolute Gasteiger partial charge is 0.331 e. The van der Waals surface area contributed by atoms with Crippen LogP contribution < -0.4 is 5.32 Å². The van der Waals surface area contributed by atoms with Crippen molar-refractivity contribution < 1.29 is 23.1 Å². The highest BCUT2D eigenvalue weighted by atomic mass is 32.2. The van der Waals surface area contributed by atoms with Crippen LogP contribution in [-0.4, -0.2) is 26.7 Å². The van der Waals surface area contributed by atoms with Crippen LogP contribution in [-0.2, 0) is 25.4 Å².